The highest BCUT2D eigenvalue weighted by atomic mass is 32.1. The van der Waals surface area contributed by atoms with Crippen LogP contribution in [0.4, 0.5) is 0 Å². The van der Waals surface area contributed by atoms with E-state index in [1.165, 1.54) is 0 Å². The van der Waals surface area contributed by atoms with Gasteiger partial charge in [-0.05, 0) is 26.3 Å². The van der Waals surface area contributed by atoms with Crippen LogP contribution in [0.3, 0.4) is 0 Å². The summed E-state index contributed by atoms with van der Waals surface area (Å²) in [5.74, 6) is 0. The topological polar surface area (TPSA) is 59.1 Å². The number of nitrogens with zero attached hydrogens (tertiary/aromatic N) is 1. The van der Waals surface area contributed by atoms with E-state index < -0.39 is 6.10 Å². The SMILES string of the molecule is Cc1nc(C(O)CCCN)cs1. The highest BCUT2D eigenvalue weighted by molar-refractivity contribution is 7.09. The highest BCUT2D eigenvalue weighted by Gasteiger charge is 2.09. The number of rotatable bonds is 4. The lowest BCUT2D eigenvalue weighted by atomic mass is 10.1. The van der Waals surface area contributed by atoms with Crippen molar-refractivity contribution < 1.29 is 5.11 Å². The molecule has 1 aromatic rings. The minimum Gasteiger partial charge on any atom is -0.387 e. The van der Waals surface area contributed by atoms with Gasteiger partial charge in [0, 0.05) is 5.38 Å². The molecule has 0 radical (unpaired) electrons. The second kappa shape index (κ2) is 4.54. The number of aliphatic hydroxyl groups excluding tert-OH is 1. The van der Waals surface area contributed by atoms with E-state index in [0.717, 1.165) is 17.1 Å². The number of aliphatic hydroxyl groups is 1. The van der Waals surface area contributed by atoms with E-state index in [9.17, 15) is 5.11 Å². The zero-order chi connectivity index (χ0) is 8.97. The fourth-order valence-corrected chi connectivity index (χ4v) is 1.65. The third-order valence-electron chi connectivity index (χ3n) is 1.66. The Hall–Kier alpha value is -0.450. The van der Waals surface area contributed by atoms with Crippen molar-refractivity contribution in [2.75, 3.05) is 6.54 Å². The fraction of sp³-hybridized carbons (Fsp3) is 0.625. The first-order chi connectivity index (χ1) is 5.74. The Morgan fingerprint density at radius 2 is 2.50 bits per heavy atom. The number of nitrogens with two attached hydrogens (primary N) is 1. The van der Waals surface area contributed by atoms with Crippen molar-refractivity contribution in [3.63, 3.8) is 0 Å². The van der Waals surface area contributed by atoms with Gasteiger partial charge in [-0.3, -0.25) is 0 Å². The molecule has 3 N–H and O–H groups in total. The van der Waals surface area contributed by atoms with Gasteiger partial charge in [0.05, 0.1) is 16.8 Å². The van der Waals surface area contributed by atoms with Crippen molar-refractivity contribution in [2.24, 2.45) is 5.73 Å². The van der Waals surface area contributed by atoms with Crippen molar-refractivity contribution >= 4 is 11.3 Å². The van der Waals surface area contributed by atoms with E-state index in [-0.39, 0.29) is 0 Å². The predicted molar refractivity (Wildman–Crippen MR) is 50.1 cm³/mol. The minimum atomic E-state index is -0.432. The van der Waals surface area contributed by atoms with Crippen LogP contribution in [0.15, 0.2) is 5.38 Å². The zero-order valence-electron chi connectivity index (χ0n) is 7.16. The summed E-state index contributed by atoms with van der Waals surface area (Å²) in [6.07, 6.45) is 1.12. The van der Waals surface area contributed by atoms with E-state index in [4.69, 9.17) is 5.73 Å². The van der Waals surface area contributed by atoms with Crippen LogP contribution in [0, 0.1) is 6.92 Å². The first-order valence-corrected chi connectivity index (χ1v) is 4.92. The molecular formula is C8H14N2OS. The standard InChI is InChI=1S/C8H14N2OS/c1-6-10-7(5-12-6)8(11)3-2-4-9/h5,8,11H,2-4,9H2,1H3. The molecule has 1 heterocycles. The predicted octanol–water partition coefficient (Wildman–Crippen LogP) is 1.22. The second-order valence-corrected chi connectivity index (χ2v) is 3.80. The molecule has 1 atom stereocenters. The molecule has 0 aliphatic heterocycles. The molecule has 3 nitrogen and oxygen atoms in total. The first-order valence-electron chi connectivity index (χ1n) is 4.04. The number of aromatic nitrogens is 1. The van der Waals surface area contributed by atoms with E-state index in [2.05, 4.69) is 4.98 Å². The van der Waals surface area contributed by atoms with Crippen LogP contribution in [0.1, 0.15) is 29.6 Å². The van der Waals surface area contributed by atoms with E-state index in [1.807, 2.05) is 12.3 Å². The van der Waals surface area contributed by atoms with Crippen molar-refractivity contribution in [3.05, 3.63) is 16.1 Å². The van der Waals surface area contributed by atoms with Crippen molar-refractivity contribution in [2.45, 2.75) is 25.9 Å². The summed E-state index contributed by atoms with van der Waals surface area (Å²) in [6.45, 7) is 2.56. The Labute approximate surface area is 76.3 Å². The Morgan fingerprint density at radius 3 is 3.00 bits per heavy atom. The van der Waals surface area contributed by atoms with Crippen molar-refractivity contribution in [1.29, 1.82) is 0 Å². The molecule has 1 aromatic heterocycles. The first kappa shape index (κ1) is 9.64. The normalized spacial score (nSPS) is 13.2. The molecule has 0 aliphatic carbocycles. The molecule has 1 rings (SSSR count). The molecule has 0 aliphatic rings. The summed E-state index contributed by atoms with van der Waals surface area (Å²) in [5, 5.41) is 12.4. The Balaban J connectivity index is 2.47. The van der Waals surface area contributed by atoms with Crippen LogP contribution in [0.25, 0.3) is 0 Å². The molecule has 12 heavy (non-hydrogen) atoms. The van der Waals surface area contributed by atoms with Crippen molar-refractivity contribution in [1.82, 2.24) is 4.98 Å². The third kappa shape index (κ3) is 2.55. The molecule has 0 amide bonds. The van der Waals surface area contributed by atoms with Crippen LogP contribution in [0.2, 0.25) is 0 Å². The maximum absolute atomic E-state index is 9.55. The Kier molecular flexibility index (Phi) is 3.65. The summed E-state index contributed by atoms with van der Waals surface area (Å²) in [6, 6.07) is 0. The summed E-state index contributed by atoms with van der Waals surface area (Å²) in [5.41, 5.74) is 6.11. The van der Waals surface area contributed by atoms with Gasteiger partial charge in [-0.25, -0.2) is 4.98 Å². The highest BCUT2D eigenvalue weighted by Crippen LogP contribution is 2.19. The molecule has 1 unspecified atom stereocenters. The largest absolute Gasteiger partial charge is 0.387 e. The zero-order valence-corrected chi connectivity index (χ0v) is 7.97. The van der Waals surface area contributed by atoms with Gasteiger partial charge in [0.25, 0.3) is 0 Å². The van der Waals surface area contributed by atoms with Gasteiger partial charge >= 0.3 is 0 Å². The summed E-state index contributed by atoms with van der Waals surface area (Å²) < 4.78 is 0. The lowest BCUT2D eigenvalue weighted by molar-refractivity contribution is 0.161. The summed E-state index contributed by atoms with van der Waals surface area (Å²) in [4.78, 5) is 4.19. The van der Waals surface area contributed by atoms with Gasteiger partial charge in [-0.1, -0.05) is 0 Å². The van der Waals surface area contributed by atoms with Crippen LogP contribution in [-0.4, -0.2) is 16.6 Å². The number of hydrogen-bond acceptors (Lipinski definition) is 4. The Bertz CT molecular complexity index is 237. The van der Waals surface area contributed by atoms with Gasteiger partial charge in [-0.2, -0.15) is 0 Å². The molecule has 0 bridgehead atoms. The molecule has 0 fully saturated rings. The fourth-order valence-electron chi connectivity index (χ4n) is 0.992. The summed E-state index contributed by atoms with van der Waals surface area (Å²) >= 11 is 1.56. The molecule has 0 aromatic carbocycles. The van der Waals surface area contributed by atoms with Gasteiger partial charge in [0.15, 0.2) is 0 Å². The van der Waals surface area contributed by atoms with E-state index in [1.54, 1.807) is 11.3 Å². The van der Waals surface area contributed by atoms with Gasteiger partial charge in [0.1, 0.15) is 0 Å². The van der Waals surface area contributed by atoms with Crippen LogP contribution in [-0.2, 0) is 0 Å². The number of thiazole rings is 1. The number of hydrogen-bond donors (Lipinski definition) is 2. The van der Waals surface area contributed by atoms with E-state index in [0.29, 0.717) is 13.0 Å². The monoisotopic (exact) mass is 186 g/mol. The molecule has 0 spiro atoms. The van der Waals surface area contributed by atoms with Crippen LogP contribution < -0.4 is 5.73 Å². The quantitative estimate of drug-likeness (QED) is 0.743. The molecule has 0 saturated carbocycles. The van der Waals surface area contributed by atoms with Crippen LogP contribution >= 0.6 is 11.3 Å². The minimum absolute atomic E-state index is 0.432. The smallest absolute Gasteiger partial charge is 0.0968 e. The Morgan fingerprint density at radius 1 is 1.75 bits per heavy atom. The average Bonchev–Trinajstić information content (AvgIpc) is 2.47. The van der Waals surface area contributed by atoms with Gasteiger partial charge in [0.2, 0.25) is 0 Å². The molecule has 4 heteroatoms. The lowest BCUT2D eigenvalue weighted by Gasteiger charge is -2.05. The van der Waals surface area contributed by atoms with Gasteiger partial charge < -0.3 is 10.8 Å². The average molecular weight is 186 g/mol. The van der Waals surface area contributed by atoms with E-state index >= 15 is 0 Å². The maximum atomic E-state index is 9.55. The third-order valence-corrected chi connectivity index (χ3v) is 2.45. The van der Waals surface area contributed by atoms with Crippen molar-refractivity contribution in [3.8, 4) is 0 Å². The molecular weight excluding hydrogens is 172 g/mol. The second-order valence-electron chi connectivity index (χ2n) is 2.74. The molecule has 68 valence electrons. The summed E-state index contributed by atoms with van der Waals surface area (Å²) in [7, 11) is 0. The van der Waals surface area contributed by atoms with Crippen LogP contribution in [0.5, 0.6) is 0 Å². The van der Waals surface area contributed by atoms with Gasteiger partial charge in [-0.15, -0.1) is 11.3 Å². The maximum Gasteiger partial charge on any atom is 0.0968 e. The number of aryl methyl sites for hydroxylation is 1. The lowest BCUT2D eigenvalue weighted by Crippen LogP contribution is -2.03. The molecule has 0 saturated heterocycles.